The van der Waals surface area contributed by atoms with Crippen molar-refractivity contribution < 1.29 is 34.3 Å². The molecular weight excluding hydrogens is 530 g/mol. The third-order valence-corrected chi connectivity index (χ3v) is 7.55. The molecule has 11 nitrogen and oxygen atoms in total. The van der Waals surface area contributed by atoms with Gasteiger partial charge in [0.15, 0.2) is 5.78 Å². The lowest BCUT2D eigenvalue weighted by Gasteiger charge is -2.36. The maximum Gasteiger partial charge on any atom is 0.253 e. The van der Waals surface area contributed by atoms with Gasteiger partial charge in [0.2, 0.25) is 10.0 Å². The number of Topliss-reactive ketones (excluding diaryl/α,β-unsaturated/α-hetero) is 1. The van der Waals surface area contributed by atoms with Gasteiger partial charge in [-0.2, -0.15) is 0 Å². The molecule has 3 atom stereocenters. The van der Waals surface area contributed by atoms with Gasteiger partial charge in [-0.15, -0.1) is 11.3 Å². The summed E-state index contributed by atoms with van der Waals surface area (Å²) in [5, 5.41) is 4.13. The Balaban J connectivity index is 1.54. The molecular formula is C25H31N5O6S2. The summed E-state index contributed by atoms with van der Waals surface area (Å²) in [6.07, 6.45) is 2.63. The molecule has 1 fully saturated rings. The average Bonchev–Trinajstić information content (AvgIpc) is 3.55. The van der Waals surface area contributed by atoms with E-state index in [4.69, 9.17) is 16.6 Å². The number of hydrogen-bond acceptors (Lipinski definition) is 10. The van der Waals surface area contributed by atoms with Crippen molar-refractivity contribution in [2.24, 2.45) is 0 Å². The second kappa shape index (κ2) is 11.7. The Hall–Kier alpha value is -3.13. The minimum atomic E-state index is -3.71. The Labute approximate surface area is 232 Å². The first kappa shape index (κ1) is 21.8. The zero-order valence-electron chi connectivity index (χ0n) is 25.9. The molecule has 1 aliphatic heterocycles. The monoisotopic (exact) mass is 566 g/mol. The van der Waals surface area contributed by atoms with E-state index < -0.39 is 47.8 Å². The highest BCUT2D eigenvalue weighted by Crippen LogP contribution is 2.25. The summed E-state index contributed by atoms with van der Waals surface area (Å²) in [6, 6.07) is 4.59. The second-order valence-electron chi connectivity index (χ2n) is 8.93. The van der Waals surface area contributed by atoms with Crippen molar-refractivity contribution in [3.05, 3.63) is 52.6 Å². The highest BCUT2D eigenvalue weighted by Gasteiger charge is 2.25. The summed E-state index contributed by atoms with van der Waals surface area (Å²) in [4.78, 5) is 37.6. The summed E-state index contributed by atoms with van der Waals surface area (Å²) in [6.45, 7) is 2.17. The largest absolute Gasteiger partial charge is 0.382 e. The van der Waals surface area contributed by atoms with Crippen LogP contribution in [0.5, 0.6) is 0 Å². The maximum atomic E-state index is 13.4. The van der Waals surface area contributed by atoms with Gasteiger partial charge in [0, 0.05) is 37.9 Å². The van der Waals surface area contributed by atoms with E-state index in [0.29, 0.717) is 24.5 Å². The summed E-state index contributed by atoms with van der Waals surface area (Å²) in [5.74, 6) is -1.18. The molecule has 1 saturated heterocycles. The van der Waals surface area contributed by atoms with Crippen molar-refractivity contribution in [1.29, 1.82) is 0 Å². The van der Waals surface area contributed by atoms with Crippen molar-refractivity contribution >= 4 is 38.9 Å². The number of anilines is 1. The third kappa shape index (κ3) is 6.84. The fraction of sp³-hybridized carbons (Fsp3) is 0.440. The number of morpholine rings is 1. The molecule has 38 heavy (non-hydrogen) atoms. The predicted molar refractivity (Wildman–Crippen MR) is 144 cm³/mol. The van der Waals surface area contributed by atoms with Crippen molar-refractivity contribution in [1.82, 2.24) is 19.3 Å². The van der Waals surface area contributed by atoms with Crippen LogP contribution in [0, 0.1) is 0 Å². The van der Waals surface area contributed by atoms with Gasteiger partial charge in [-0.05, 0) is 32.0 Å². The first-order valence-electron chi connectivity index (χ1n) is 14.2. The maximum absolute atomic E-state index is 13.4. The highest BCUT2D eigenvalue weighted by molar-refractivity contribution is 7.89. The van der Waals surface area contributed by atoms with Crippen LogP contribution in [0.1, 0.15) is 36.1 Å². The summed E-state index contributed by atoms with van der Waals surface area (Å²) < 4.78 is 73.0. The number of ether oxygens (including phenoxy) is 2. The van der Waals surface area contributed by atoms with E-state index in [-0.39, 0.29) is 22.8 Å². The summed E-state index contributed by atoms with van der Waals surface area (Å²) >= 11 is 1.11. The first-order valence-corrected chi connectivity index (χ1v) is 14.4. The second-order valence-corrected chi connectivity index (χ2v) is 11.8. The summed E-state index contributed by atoms with van der Waals surface area (Å²) in [7, 11) is -6.94. The number of amides is 1. The van der Waals surface area contributed by atoms with E-state index in [9.17, 15) is 18.0 Å². The minimum Gasteiger partial charge on any atom is -0.382 e. The Morgan fingerprint density at radius 3 is 2.71 bits per heavy atom. The van der Waals surface area contributed by atoms with E-state index >= 15 is 0 Å². The van der Waals surface area contributed by atoms with Crippen LogP contribution in [0.2, 0.25) is 0 Å². The van der Waals surface area contributed by atoms with Crippen LogP contribution < -0.4 is 10.2 Å². The zero-order valence-corrected chi connectivity index (χ0v) is 22.6. The van der Waals surface area contributed by atoms with E-state index in [1.807, 2.05) is 26.0 Å². The fourth-order valence-electron chi connectivity index (χ4n) is 4.03. The van der Waals surface area contributed by atoms with Crippen LogP contribution in [0.4, 0.5) is 5.82 Å². The lowest BCUT2D eigenvalue weighted by atomic mass is 10.1. The number of rotatable bonds is 10. The molecule has 1 amide bonds. The predicted octanol–water partition coefficient (Wildman–Crippen LogP) is 1.98. The fourth-order valence-corrected chi connectivity index (χ4v) is 5.42. The molecule has 4 rings (SSSR count). The number of carbonyl (C=O) groups excluding carboxylic acids is 2. The molecule has 1 aliphatic rings. The SMILES string of the molecule is [2H]C([2H])([2H])OC([2H])([2H])[C@@H](NC(=O)c1ccn(S(C)(=O)=O)c1)C(=O)Cc1nc(-c2cccc(N3C[C@@H](C)O[C@@H](C)C3)n2)cs1. The van der Waals surface area contributed by atoms with Gasteiger partial charge < -0.3 is 19.7 Å². The Kier molecular flexibility index (Phi) is 6.72. The number of aromatic nitrogens is 3. The minimum absolute atomic E-state index is 0.0367. The number of nitrogens with zero attached hydrogens (tertiary/aromatic N) is 4. The molecule has 0 aliphatic carbocycles. The molecule has 3 aromatic heterocycles. The molecule has 0 aromatic carbocycles. The van der Waals surface area contributed by atoms with Crippen LogP contribution in [0.15, 0.2) is 42.0 Å². The number of hydrogen-bond donors (Lipinski definition) is 1. The average molecular weight is 567 g/mol. The van der Waals surface area contributed by atoms with Crippen molar-refractivity contribution in [2.75, 3.05) is 37.8 Å². The van der Waals surface area contributed by atoms with Gasteiger partial charge >= 0.3 is 0 Å². The molecule has 0 bridgehead atoms. The van der Waals surface area contributed by atoms with Crippen LogP contribution >= 0.6 is 11.3 Å². The van der Waals surface area contributed by atoms with Crippen molar-refractivity contribution in [3.63, 3.8) is 0 Å². The molecule has 1 N–H and O–H groups in total. The molecule has 0 radical (unpaired) electrons. The number of carbonyl (C=O) groups is 2. The third-order valence-electron chi connectivity index (χ3n) is 5.70. The van der Waals surface area contributed by atoms with Crippen LogP contribution in [0.3, 0.4) is 0 Å². The van der Waals surface area contributed by atoms with E-state index in [1.54, 1.807) is 11.4 Å². The van der Waals surface area contributed by atoms with Gasteiger partial charge in [0.05, 0.1) is 55.2 Å². The van der Waals surface area contributed by atoms with Crippen molar-refractivity contribution in [3.8, 4) is 11.4 Å². The Morgan fingerprint density at radius 2 is 2.03 bits per heavy atom. The van der Waals surface area contributed by atoms with E-state index in [1.165, 1.54) is 0 Å². The van der Waals surface area contributed by atoms with Crippen LogP contribution in [-0.2, 0) is 30.7 Å². The molecule has 0 spiro atoms. The molecule has 0 unspecified atom stereocenters. The number of methoxy groups -OCH3 is 1. The molecule has 204 valence electrons. The van der Waals surface area contributed by atoms with Crippen LogP contribution in [0.25, 0.3) is 11.4 Å². The number of ketones is 1. The molecule has 13 heteroatoms. The van der Waals surface area contributed by atoms with Gasteiger partial charge in [0.1, 0.15) is 16.9 Å². The number of thiazole rings is 1. The lowest BCUT2D eigenvalue weighted by Crippen LogP contribution is -2.45. The molecule has 4 heterocycles. The molecule has 3 aromatic rings. The topological polar surface area (TPSA) is 133 Å². The van der Waals surface area contributed by atoms with Gasteiger partial charge in [-0.1, -0.05) is 6.07 Å². The first-order chi connectivity index (χ1) is 19.9. The Bertz CT molecular complexity index is 1580. The quantitative estimate of drug-likeness (QED) is 0.391. The Morgan fingerprint density at radius 1 is 1.26 bits per heavy atom. The van der Waals surface area contributed by atoms with Gasteiger partial charge in [-0.25, -0.2) is 18.4 Å². The number of pyridine rings is 1. The smallest absolute Gasteiger partial charge is 0.253 e. The zero-order chi connectivity index (χ0) is 31.7. The molecule has 0 saturated carbocycles. The van der Waals surface area contributed by atoms with Gasteiger partial charge in [0.25, 0.3) is 5.91 Å². The van der Waals surface area contributed by atoms with Gasteiger partial charge in [-0.3, -0.25) is 13.6 Å². The number of nitrogens with one attached hydrogen (secondary N) is 1. The van der Waals surface area contributed by atoms with Crippen molar-refractivity contribution in [2.45, 2.75) is 38.5 Å². The van der Waals surface area contributed by atoms with E-state index in [0.717, 1.165) is 45.8 Å². The standard InChI is InChI=1S/C25H31N5O6S2/c1-16-11-29(12-17(2)36-16)23-7-5-6-19(26-23)21-15-37-24(27-21)10-22(31)20(14-35-3)28-25(32)18-8-9-30(13-18)38(4,33)34/h5-9,13,15-17,20H,10-12,14H2,1-4H3,(H,28,32)/t16-,17+,20-/m1/s1/i3D3,14D2. The van der Waals surface area contributed by atoms with Crippen LogP contribution in [-0.4, -0.2) is 85.2 Å². The summed E-state index contributed by atoms with van der Waals surface area (Å²) in [5.41, 5.74) is 0.841. The normalized spacial score (nSPS) is 21.4. The highest BCUT2D eigenvalue weighted by atomic mass is 32.2. The lowest BCUT2D eigenvalue weighted by molar-refractivity contribution is -0.121. The van der Waals surface area contributed by atoms with E-state index in [2.05, 4.69) is 19.9 Å².